The highest BCUT2D eigenvalue weighted by molar-refractivity contribution is 5.89. The third kappa shape index (κ3) is 5.19. The number of benzene rings is 1. The van der Waals surface area contributed by atoms with Gasteiger partial charge in [0.25, 0.3) is 0 Å². The predicted octanol–water partition coefficient (Wildman–Crippen LogP) is 2.53. The van der Waals surface area contributed by atoms with Gasteiger partial charge in [0.2, 0.25) is 0 Å². The van der Waals surface area contributed by atoms with Crippen LogP contribution in [0.1, 0.15) is 25.8 Å². The molecule has 4 nitrogen and oxygen atoms in total. The van der Waals surface area contributed by atoms with Crippen LogP contribution in [-0.4, -0.2) is 24.3 Å². The summed E-state index contributed by atoms with van der Waals surface area (Å²) in [5.41, 5.74) is 1.84. The van der Waals surface area contributed by atoms with Crippen molar-refractivity contribution in [1.29, 1.82) is 0 Å². The summed E-state index contributed by atoms with van der Waals surface area (Å²) in [5, 5.41) is 14.5. The first-order chi connectivity index (χ1) is 8.43. The fourth-order valence-electron chi connectivity index (χ4n) is 1.52. The van der Waals surface area contributed by atoms with Gasteiger partial charge in [-0.1, -0.05) is 31.5 Å². The second-order valence-corrected chi connectivity index (χ2v) is 5.31. The highest BCUT2D eigenvalue weighted by Gasteiger charge is 2.17. The quantitative estimate of drug-likeness (QED) is 0.752. The summed E-state index contributed by atoms with van der Waals surface area (Å²) in [6.45, 7) is 6.69. The van der Waals surface area contributed by atoms with Crippen molar-refractivity contribution < 1.29 is 9.90 Å². The van der Waals surface area contributed by atoms with Crippen LogP contribution >= 0.6 is 0 Å². The third-order valence-corrected chi connectivity index (χ3v) is 2.83. The van der Waals surface area contributed by atoms with Gasteiger partial charge in [0, 0.05) is 18.8 Å². The van der Waals surface area contributed by atoms with E-state index in [-0.39, 0.29) is 18.1 Å². The maximum atomic E-state index is 11.7. The van der Waals surface area contributed by atoms with Crippen molar-refractivity contribution in [1.82, 2.24) is 5.32 Å². The van der Waals surface area contributed by atoms with E-state index in [0.29, 0.717) is 13.0 Å². The van der Waals surface area contributed by atoms with Gasteiger partial charge in [-0.15, -0.1) is 0 Å². The average molecular weight is 250 g/mol. The molecule has 4 heteroatoms. The Morgan fingerprint density at radius 2 is 1.89 bits per heavy atom. The van der Waals surface area contributed by atoms with Crippen molar-refractivity contribution >= 4 is 11.7 Å². The molecule has 0 aliphatic rings. The minimum atomic E-state index is -0.218. The lowest BCUT2D eigenvalue weighted by atomic mass is 9.90. The Bertz CT molecular complexity index is 385. The fourth-order valence-corrected chi connectivity index (χ4v) is 1.52. The number of nitrogens with one attached hydrogen (secondary N) is 2. The zero-order chi connectivity index (χ0) is 13.6. The van der Waals surface area contributed by atoms with Crippen molar-refractivity contribution in [2.45, 2.75) is 27.2 Å². The minimum absolute atomic E-state index is 0.0979. The number of rotatable bonds is 5. The summed E-state index contributed by atoms with van der Waals surface area (Å²) < 4.78 is 0. The molecule has 2 amide bonds. The second-order valence-electron chi connectivity index (χ2n) is 5.31. The molecule has 0 bridgehead atoms. The van der Waals surface area contributed by atoms with Gasteiger partial charge in [-0.3, -0.25) is 0 Å². The predicted molar refractivity (Wildman–Crippen MR) is 73.7 cm³/mol. The highest BCUT2D eigenvalue weighted by atomic mass is 16.3. The highest BCUT2D eigenvalue weighted by Crippen LogP contribution is 2.18. The van der Waals surface area contributed by atoms with E-state index in [1.165, 1.54) is 0 Å². The fraction of sp³-hybridized carbons (Fsp3) is 0.500. The molecular formula is C14H22N2O2. The van der Waals surface area contributed by atoms with Crippen LogP contribution in [-0.2, 0) is 0 Å². The van der Waals surface area contributed by atoms with Crippen LogP contribution in [0, 0.1) is 12.3 Å². The lowest BCUT2D eigenvalue weighted by Crippen LogP contribution is -2.37. The molecule has 0 saturated heterocycles. The van der Waals surface area contributed by atoms with E-state index < -0.39 is 0 Å². The minimum Gasteiger partial charge on any atom is -0.396 e. The molecule has 0 saturated carbocycles. The van der Waals surface area contributed by atoms with E-state index in [9.17, 15) is 4.79 Å². The molecule has 0 atom stereocenters. The van der Waals surface area contributed by atoms with E-state index in [1.54, 1.807) is 0 Å². The maximum Gasteiger partial charge on any atom is 0.319 e. The number of hydrogen-bond acceptors (Lipinski definition) is 2. The summed E-state index contributed by atoms with van der Waals surface area (Å²) >= 11 is 0. The van der Waals surface area contributed by atoms with Gasteiger partial charge in [0.1, 0.15) is 0 Å². The summed E-state index contributed by atoms with van der Waals surface area (Å²) in [6, 6.07) is 7.42. The van der Waals surface area contributed by atoms with Crippen LogP contribution in [0.2, 0.25) is 0 Å². The molecule has 1 aromatic carbocycles. The number of amides is 2. The molecule has 0 radical (unpaired) electrons. The van der Waals surface area contributed by atoms with Gasteiger partial charge in [0.05, 0.1) is 0 Å². The summed E-state index contributed by atoms with van der Waals surface area (Å²) in [5.74, 6) is 0. The molecule has 0 spiro atoms. The van der Waals surface area contributed by atoms with Crippen LogP contribution in [0.15, 0.2) is 24.3 Å². The largest absolute Gasteiger partial charge is 0.396 e. The number of aliphatic hydroxyl groups excluding tert-OH is 1. The Morgan fingerprint density at radius 3 is 2.44 bits per heavy atom. The Morgan fingerprint density at radius 1 is 1.28 bits per heavy atom. The first-order valence-electron chi connectivity index (χ1n) is 6.15. The third-order valence-electron chi connectivity index (χ3n) is 2.83. The first-order valence-corrected chi connectivity index (χ1v) is 6.15. The Labute approximate surface area is 108 Å². The van der Waals surface area contributed by atoms with Crippen LogP contribution in [0.4, 0.5) is 10.5 Å². The molecule has 3 N–H and O–H groups in total. The van der Waals surface area contributed by atoms with Crippen molar-refractivity contribution in [3.05, 3.63) is 29.8 Å². The molecule has 0 unspecified atom stereocenters. The lowest BCUT2D eigenvalue weighted by molar-refractivity contribution is 0.204. The summed E-state index contributed by atoms with van der Waals surface area (Å²) in [4.78, 5) is 11.7. The topological polar surface area (TPSA) is 61.4 Å². The van der Waals surface area contributed by atoms with E-state index in [4.69, 9.17) is 5.11 Å². The zero-order valence-corrected chi connectivity index (χ0v) is 11.3. The molecule has 0 aliphatic carbocycles. The summed E-state index contributed by atoms with van der Waals surface area (Å²) in [7, 11) is 0. The van der Waals surface area contributed by atoms with Crippen molar-refractivity contribution in [2.75, 3.05) is 18.5 Å². The van der Waals surface area contributed by atoms with Crippen molar-refractivity contribution in [2.24, 2.45) is 5.41 Å². The Balaban J connectivity index is 2.40. The SMILES string of the molecule is Cc1ccc(NC(=O)NCC(C)(C)CCO)cc1. The normalized spacial score (nSPS) is 11.1. The standard InChI is InChI=1S/C14H22N2O2/c1-11-4-6-12(7-5-11)16-13(18)15-10-14(2,3)8-9-17/h4-7,17H,8-10H2,1-3H3,(H2,15,16,18). The number of carbonyl (C=O) groups excluding carboxylic acids is 1. The first kappa shape index (κ1) is 14.5. The molecule has 0 fully saturated rings. The molecule has 0 heterocycles. The van der Waals surface area contributed by atoms with Crippen molar-refractivity contribution in [3.8, 4) is 0 Å². The number of anilines is 1. The van der Waals surface area contributed by atoms with Gasteiger partial charge in [-0.05, 0) is 30.9 Å². The van der Waals surface area contributed by atoms with Gasteiger partial charge in [0.15, 0.2) is 0 Å². The van der Waals surface area contributed by atoms with Gasteiger partial charge in [-0.25, -0.2) is 4.79 Å². The molecule has 1 aromatic rings. The lowest BCUT2D eigenvalue weighted by Gasteiger charge is -2.23. The zero-order valence-electron chi connectivity index (χ0n) is 11.3. The smallest absolute Gasteiger partial charge is 0.319 e. The molecule has 0 aromatic heterocycles. The number of urea groups is 1. The number of hydrogen-bond donors (Lipinski definition) is 3. The molecule has 0 aliphatic heterocycles. The number of aliphatic hydroxyl groups is 1. The van der Waals surface area contributed by atoms with Gasteiger partial charge < -0.3 is 15.7 Å². The van der Waals surface area contributed by atoms with E-state index in [2.05, 4.69) is 10.6 Å². The Kier molecular flexibility index (Phi) is 5.16. The number of aryl methyl sites for hydroxylation is 1. The van der Waals surface area contributed by atoms with Gasteiger partial charge in [-0.2, -0.15) is 0 Å². The van der Waals surface area contributed by atoms with E-state index in [1.807, 2.05) is 45.0 Å². The van der Waals surface area contributed by atoms with E-state index >= 15 is 0 Å². The van der Waals surface area contributed by atoms with Crippen LogP contribution in [0.25, 0.3) is 0 Å². The van der Waals surface area contributed by atoms with Crippen LogP contribution < -0.4 is 10.6 Å². The maximum absolute atomic E-state index is 11.7. The van der Waals surface area contributed by atoms with Gasteiger partial charge >= 0.3 is 6.03 Å². The number of carbonyl (C=O) groups is 1. The second kappa shape index (κ2) is 6.40. The van der Waals surface area contributed by atoms with Crippen LogP contribution in [0.3, 0.4) is 0 Å². The van der Waals surface area contributed by atoms with Crippen LogP contribution in [0.5, 0.6) is 0 Å². The summed E-state index contributed by atoms with van der Waals surface area (Å²) in [6.07, 6.45) is 0.664. The molecule has 1 rings (SSSR count). The van der Waals surface area contributed by atoms with E-state index in [0.717, 1.165) is 11.3 Å². The molecular weight excluding hydrogens is 228 g/mol. The molecule has 18 heavy (non-hydrogen) atoms. The molecule has 100 valence electrons. The Hall–Kier alpha value is -1.55. The average Bonchev–Trinajstić information content (AvgIpc) is 2.30. The van der Waals surface area contributed by atoms with Crippen molar-refractivity contribution in [3.63, 3.8) is 0 Å². The monoisotopic (exact) mass is 250 g/mol.